The molecule has 1 aliphatic carbocycles. The van der Waals surface area contributed by atoms with Crippen LogP contribution in [0.5, 0.6) is 5.75 Å². The van der Waals surface area contributed by atoms with E-state index in [2.05, 4.69) is 0 Å². The van der Waals surface area contributed by atoms with E-state index in [4.69, 9.17) is 15.2 Å². The van der Waals surface area contributed by atoms with E-state index in [1.165, 1.54) is 7.11 Å². The van der Waals surface area contributed by atoms with Crippen LogP contribution in [0.4, 0.5) is 0 Å². The fraction of sp³-hybridized carbons (Fsp3) is 0.368. The third-order valence-electron chi connectivity index (χ3n) is 4.86. The first-order valence-corrected chi connectivity index (χ1v) is 9.61. The van der Waals surface area contributed by atoms with Gasteiger partial charge in [-0.1, -0.05) is 29.8 Å². The summed E-state index contributed by atoms with van der Waals surface area (Å²) < 4.78 is 36.7. The quantitative estimate of drug-likeness (QED) is 0.854. The minimum Gasteiger partial charge on any atom is -0.497 e. The van der Waals surface area contributed by atoms with Crippen LogP contribution in [-0.4, -0.2) is 40.0 Å². The van der Waals surface area contributed by atoms with Crippen LogP contribution in [0.1, 0.15) is 17.0 Å². The predicted molar refractivity (Wildman–Crippen MR) is 96.7 cm³/mol. The molecule has 2 aromatic carbocycles. The van der Waals surface area contributed by atoms with Crippen LogP contribution in [0.15, 0.2) is 53.4 Å². The summed E-state index contributed by atoms with van der Waals surface area (Å²) in [5, 5.41) is -0.712. The zero-order valence-electron chi connectivity index (χ0n) is 14.6. The predicted octanol–water partition coefficient (Wildman–Crippen LogP) is 2.29. The van der Waals surface area contributed by atoms with Crippen LogP contribution in [0.3, 0.4) is 0 Å². The number of hydrogen-bond acceptors (Lipinski definition) is 5. The average molecular weight is 361 g/mol. The van der Waals surface area contributed by atoms with E-state index in [9.17, 15) is 8.42 Å². The minimum absolute atomic E-state index is 0.180. The maximum atomic E-state index is 13.1. The monoisotopic (exact) mass is 361 g/mol. The molecule has 0 unspecified atom stereocenters. The first-order chi connectivity index (χ1) is 11.8. The Morgan fingerprint density at radius 3 is 2.16 bits per heavy atom. The van der Waals surface area contributed by atoms with Crippen molar-refractivity contribution < 1.29 is 17.9 Å². The lowest BCUT2D eigenvalue weighted by atomic mass is 10.1. The minimum atomic E-state index is -3.56. The summed E-state index contributed by atoms with van der Waals surface area (Å²) in [5.74, 6) is 0.404. The Balaban J connectivity index is 1.99. The summed E-state index contributed by atoms with van der Waals surface area (Å²) >= 11 is 0. The third kappa shape index (κ3) is 3.05. The number of methoxy groups -OCH3 is 2. The van der Waals surface area contributed by atoms with Gasteiger partial charge in [0.15, 0.2) is 9.84 Å². The number of aryl methyl sites for hydroxylation is 1. The second-order valence-electron chi connectivity index (χ2n) is 6.57. The summed E-state index contributed by atoms with van der Waals surface area (Å²) in [5.41, 5.74) is 7.42. The number of nitrogens with two attached hydrogens (primary N) is 1. The highest BCUT2D eigenvalue weighted by atomic mass is 32.2. The standard InChI is InChI=1S/C19H23NO4S/c1-13-4-10-16(11-5-13)25(21,22)18-17(19(18,20)12-23-2)14-6-8-15(24-3)9-7-14/h4-11,17-18H,12,20H2,1-3H3/t17-,18+,19+/m1/s1. The van der Waals surface area contributed by atoms with Gasteiger partial charge in [0.05, 0.1) is 29.4 Å². The number of ether oxygens (including phenoxy) is 2. The lowest BCUT2D eigenvalue weighted by molar-refractivity contribution is 0.171. The van der Waals surface area contributed by atoms with Crippen LogP contribution in [0, 0.1) is 6.92 Å². The zero-order valence-corrected chi connectivity index (χ0v) is 15.4. The van der Waals surface area contributed by atoms with Crippen molar-refractivity contribution in [2.75, 3.05) is 20.8 Å². The molecule has 0 aromatic heterocycles. The molecule has 2 aromatic rings. The number of sulfone groups is 1. The van der Waals surface area contributed by atoms with Crippen molar-refractivity contribution in [2.45, 2.75) is 28.5 Å². The molecule has 0 heterocycles. The van der Waals surface area contributed by atoms with Gasteiger partial charge in [-0.05, 0) is 36.8 Å². The molecular formula is C19H23NO4S. The largest absolute Gasteiger partial charge is 0.497 e. The Hall–Kier alpha value is -1.89. The van der Waals surface area contributed by atoms with Gasteiger partial charge in [0.1, 0.15) is 5.75 Å². The van der Waals surface area contributed by atoms with Gasteiger partial charge in [0.25, 0.3) is 0 Å². The smallest absolute Gasteiger partial charge is 0.183 e. The molecule has 0 spiro atoms. The fourth-order valence-corrected chi connectivity index (χ4v) is 5.77. The highest BCUT2D eigenvalue weighted by Crippen LogP contribution is 2.55. The maximum Gasteiger partial charge on any atom is 0.183 e. The Morgan fingerprint density at radius 2 is 1.64 bits per heavy atom. The van der Waals surface area contributed by atoms with Crippen molar-refractivity contribution in [2.24, 2.45) is 5.73 Å². The van der Waals surface area contributed by atoms with Crippen molar-refractivity contribution >= 4 is 9.84 Å². The van der Waals surface area contributed by atoms with E-state index in [0.717, 1.165) is 16.9 Å². The summed E-state index contributed by atoms with van der Waals surface area (Å²) in [6, 6.07) is 14.2. The topological polar surface area (TPSA) is 78.6 Å². The molecule has 5 nitrogen and oxygen atoms in total. The van der Waals surface area contributed by atoms with Gasteiger partial charge in [0.2, 0.25) is 0 Å². The molecule has 0 aliphatic heterocycles. The van der Waals surface area contributed by atoms with Crippen LogP contribution in [0.2, 0.25) is 0 Å². The van der Waals surface area contributed by atoms with E-state index in [-0.39, 0.29) is 12.5 Å². The highest BCUT2D eigenvalue weighted by Gasteiger charge is 2.69. The first kappa shape index (κ1) is 17.9. The Bertz CT molecular complexity index is 846. The first-order valence-electron chi connectivity index (χ1n) is 8.07. The van der Waals surface area contributed by atoms with Crippen LogP contribution >= 0.6 is 0 Å². The molecule has 25 heavy (non-hydrogen) atoms. The third-order valence-corrected chi connectivity index (χ3v) is 7.16. The lowest BCUT2D eigenvalue weighted by Crippen LogP contribution is -2.35. The molecule has 0 amide bonds. The molecule has 0 saturated heterocycles. The lowest BCUT2D eigenvalue weighted by Gasteiger charge is -2.11. The zero-order chi connectivity index (χ0) is 18.2. The number of benzene rings is 2. The van der Waals surface area contributed by atoms with Gasteiger partial charge >= 0.3 is 0 Å². The van der Waals surface area contributed by atoms with E-state index in [1.807, 2.05) is 31.2 Å². The summed E-state index contributed by atoms with van der Waals surface area (Å²) in [6.07, 6.45) is 0. The van der Waals surface area contributed by atoms with Gasteiger partial charge in [-0.15, -0.1) is 0 Å². The Kier molecular flexibility index (Phi) is 4.62. The van der Waals surface area contributed by atoms with Crippen LogP contribution in [0.25, 0.3) is 0 Å². The van der Waals surface area contributed by atoms with Crippen LogP contribution < -0.4 is 10.5 Å². The molecule has 1 aliphatic rings. The maximum absolute atomic E-state index is 13.1. The highest BCUT2D eigenvalue weighted by molar-refractivity contribution is 7.92. The number of hydrogen-bond donors (Lipinski definition) is 1. The number of rotatable bonds is 6. The van der Waals surface area contributed by atoms with Crippen molar-refractivity contribution in [1.82, 2.24) is 0 Å². The van der Waals surface area contributed by atoms with Crippen molar-refractivity contribution in [1.29, 1.82) is 0 Å². The molecule has 0 radical (unpaired) electrons. The molecule has 1 saturated carbocycles. The summed E-state index contributed by atoms with van der Waals surface area (Å²) in [7, 11) is -0.434. The molecule has 2 N–H and O–H groups in total. The van der Waals surface area contributed by atoms with E-state index in [0.29, 0.717) is 4.90 Å². The Labute approximate surface area is 148 Å². The molecule has 6 heteroatoms. The van der Waals surface area contributed by atoms with E-state index < -0.39 is 20.6 Å². The molecule has 3 rings (SSSR count). The van der Waals surface area contributed by atoms with Gasteiger partial charge in [0, 0.05) is 13.0 Å². The van der Waals surface area contributed by atoms with Gasteiger partial charge < -0.3 is 15.2 Å². The van der Waals surface area contributed by atoms with E-state index in [1.54, 1.807) is 31.4 Å². The summed E-state index contributed by atoms with van der Waals surface area (Å²) in [4.78, 5) is 0.296. The fourth-order valence-electron chi connectivity index (χ4n) is 3.48. The van der Waals surface area contributed by atoms with E-state index >= 15 is 0 Å². The van der Waals surface area contributed by atoms with Crippen molar-refractivity contribution in [3.63, 3.8) is 0 Å². The molecule has 134 valence electrons. The molecule has 0 bridgehead atoms. The van der Waals surface area contributed by atoms with Gasteiger partial charge in [-0.25, -0.2) is 8.42 Å². The normalized spacial score (nSPS) is 25.6. The second-order valence-corrected chi connectivity index (χ2v) is 8.64. The average Bonchev–Trinajstić information content (AvgIpc) is 3.22. The van der Waals surface area contributed by atoms with Gasteiger partial charge in [-0.3, -0.25) is 0 Å². The molecule has 1 fully saturated rings. The molecular weight excluding hydrogens is 338 g/mol. The molecule has 3 atom stereocenters. The van der Waals surface area contributed by atoms with Crippen molar-refractivity contribution in [3.8, 4) is 5.75 Å². The second kappa shape index (κ2) is 6.44. The Morgan fingerprint density at radius 1 is 1.04 bits per heavy atom. The van der Waals surface area contributed by atoms with Crippen molar-refractivity contribution in [3.05, 3.63) is 59.7 Å². The SMILES string of the molecule is COC[C@]1(N)[C@H](c2ccc(OC)cc2)[C@@H]1S(=O)(=O)c1ccc(C)cc1. The van der Waals surface area contributed by atoms with Gasteiger partial charge in [-0.2, -0.15) is 0 Å². The van der Waals surface area contributed by atoms with Crippen LogP contribution in [-0.2, 0) is 14.6 Å². The summed E-state index contributed by atoms with van der Waals surface area (Å²) in [6.45, 7) is 2.10.